The minimum Gasteiger partial charge on any atom is -0.336 e. The molecule has 0 saturated carbocycles. The van der Waals surface area contributed by atoms with Gasteiger partial charge in [0.05, 0.1) is 6.20 Å². The zero-order chi connectivity index (χ0) is 13.0. The van der Waals surface area contributed by atoms with Gasteiger partial charge in [0.1, 0.15) is 0 Å². The molecule has 2 heterocycles. The van der Waals surface area contributed by atoms with E-state index in [-0.39, 0.29) is 5.91 Å². The first kappa shape index (κ1) is 13.0. The summed E-state index contributed by atoms with van der Waals surface area (Å²) in [6.07, 6.45) is 4.98. The molecule has 0 radical (unpaired) electrons. The maximum absolute atomic E-state index is 12.2. The van der Waals surface area contributed by atoms with Gasteiger partial charge < -0.3 is 10.2 Å². The molecule has 1 amide bonds. The molecular formula is C12H21N5O. The molecule has 0 aliphatic carbocycles. The van der Waals surface area contributed by atoms with Gasteiger partial charge in [-0.3, -0.25) is 9.48 Å². The number of likely N-dealkylation sites (tertiary alicyclic amines) is 1. The summed E-state index contributed by atoms with van der Waals surface area (Å²) in [6, 6.07) is 0.416. The number of hydrogen-bond acceptors (Lipinski definition) is 4. The third-order valence-corrected chi connectivity index (χ3v) is 3.21. The Balaban J connectivity index is 1.94. The van der Waals surface area contributed by atoms with Crippen molar-refractivity contribution in [1.29, 1.82) is 0 Å². The van der Waals surface area contributed by atoms with E-state index in [4.69, 9.17) is 0 Å². The van der Waals surface area contributed by atoms with Crippen molar-refractivity contribution in [3.05, 3.63) is 11.9 Å². The van der Waals surface area contributed by atoms with Crippen LogP contribution in [0, 0.1) is 0 Å². The number of aryl methyl sites for hydroxylation is 1. The smallest absolute Gasteiger partial charge is 0.276 e. The number of carbonyl (C=O) groups excluding carboxylic acids is 1. The van der Waals surface area contributed by atoms with Crippen LogP contribution in [0.1, 0.15) is 36.7 Å². The second-order valence-electron chi connectivity index (χ2n) is 4.82. The van der Waals surface area contributed by atoms with Gasteiger partial charge in [0.15, 0.2) is 5.69 Å². The first-order chi connectivity index (χ1) is 8.70. The molecule has 1 fully saturated rings. The Labute approximate surface area is 107 Å². The van der Waals surface area contributed by atoms with Gasteiger partial charge >= 0.3 is 0 Å². The van der Waals surface area contributed by atoms with Crippen LogP contribution in [0.4, 0.5) is 0 Å². The molecule has 0 bridgehead atoms. The molecule has 6 heteroatoms. The molecular weight excluding hydrogens is 230 g/mol. The van der Waals surface area contributed by atoms with Gasteiger partial charge in [-0.25, -0.2) is 0 Å². The van der Waals surface area contributed by atoms with Gasteiger partial charge in [-0.2, -0.15) is 0 Å². The second kappa shape index (κ2) is 5.95. The monoisotopic (exact) mass is 251 g/mol. The summed E-state index contributed by atoms with van der Waals surface area (Å²) in [5, 5.41) is 11.2. The van der Waals surface area contributed by atoms with Crippen LogP contribution >= 0.6 is 0 Å². The summed E-state index contributed by atoms with van der Waals surface area (Å²) in [4.78, 5) is 14.1. The summed E-state index contributed by atoms with van der Waals surface area (Å²) in [6.45, 7) is 4.76. The largest absolute Gasteiger partial charge is 0.336 e. The highest BCUT2D eigenvalue weighted by atomic mass is 16.2. The number of hydrogen-bond donors (Lipinski definition) is 1. The molecule has 18 heavy (non-hydrogen) atoms. The van der Waals surface area contributed by atoms with Crippen LogP contribution in [-0.4, -0.2) is 51.5 Å². The van der Waals surface area contributed by atoms with Gasteiger partial charge in [0.25, 0.3) is 5.91 Å². The lowest BCUT2D eigenvalue weighted by Crippen LogP contribution is -2.48. The molecule has 2 rings (SSSR count). The molecule has 0 spiro atoms. The van der Waals surface area contributed by atoms with Gasteiger partial charge in [-0.05, 0) is 25.8 Å². The molecule has 1 aliphatic rings. The van der Waals surface area contributed by atoms with E-state index >= 15 is 0 Å². The summed E-state index contributed by atoms with van der Waals surface area (Å²) in [7, 11) is 1.77. The molecule has 0 aromatic carbocycles. The van der Waals surface area contributed by atoms with Crippen molar-refractivity contribution in [1.82, 2.24) is 25.2 Å². The molecule has 6 nitrogen and oxygen atoms in total. The number of piperidine rings is 1. The highest BCUT2D eigenvalue weighted by molar-refractivity contribution is 5.92. The predicted molar refractivity (Wildman–Crippen MR) is 68.2 cm³/mol. The Morgan fingerprint density at radius 2 is 2.44 bits per heavy atom. The topological polar surface area (TPSA) is 63.1 Å². The van der Waals surface area contributed by atoms with Crippen molar-refractivity contribution in [2.45, 2.75) is 32.2 Å². The van der Waals surface area contributed by atoms with Crippen LogP contribution in [0.5, 0.6) is 0 Å². The minimum atomic E-state index is -0.00824. The quantitative estimate of drug-likeness (QED) is 0.842. The zero-order valence-corrected chi connectivity index (χ0v) is 11.1. The zero-order valence-electron chi connectivity index (χ0n) is 11.1. The summed E-state index contributed by atoms with van der Waals surface area (Å²) in [5.74, 6) is -0.00824. The van der Waals surface area contributed by atoms with Crippen LogP contribution in [0.25, 0.3) is 0 Å². The van der Waals surface area contributed by atoms with Crippen LogP contribution in [0.2, 0.25) is 0 Å². The van der Waals surface area contributed by atoms with Gasteiger partial charge in [0, 0.05) is 26.2 Å². The van der Waals surface area contributed by atoms with E-state index in [1.807, 2.05) is 4.90 Å². The Hall–Kier alpha value is -1.43. The fraction of sp³-hybridized carbons (Fsp3) is 0.750. The van der Waals surface area contributed by atoms with Gasteiger partial charge in [-0.15, -0.1) is 5.10 Å². The van der Waals surface area contributed by atoms with Crippen LogP contribution in [0.15, 0.2) is 6.20 Å². The summed E-state index contributed by atoms with van der Waals surface area (Å²) >= 11 is 0. The molecule has 1 aromatic rings. The number of nitrogens with zero attached hydrogens (tertiary/aromatic N) is 4. The van der Waals surface area contributed by atoms with Crippen molar-refractivity contribution in [2.24, 2.45) is 7.05 Å². The Morgan fingerprint density at radius 3 is 3.11 bits per heavy atom. The van der Waals surface area contributed by atoms with E-state index in [0.29, 0.717) is 11.7 Å². The molecule has 1 atom stereocenters. The SMILES string of the molecule is CCCNC1CCCN(C(=O)c2cn(C)nn2)C1. The Bertz CT molecular complexity index is 403. The van der Waals surface area contributed by atoms with Gasteiger partial charge in [-0.1, -0.05) is 12.1 Å². The highest BCUT2D eigenvalue weighted by Gasteiger charge is 2.25. The summed E-state index contributed by atoms with van der Waals surface area (Å²) < 4.78 is 1.56. The standard InChI is InChI=1S/C12H21N5O/c1-3-6-13-10-5-4-7-17(8-10)12(18)11-9-16(2)15-14-11/h9-10,13H,3-8H2,1-2H3. The van der Waals surface area contributed by atoms with E-state index in [9.17, 15) is 4.79 Å². The minimum absolute atomic E-state index is 0.00824. The average Bonchev–Trinajstić information content (AvgIpc) is 2.82. The van der Waals surface area contributed by atoms with Crippen LogP contribution in [-0.2, 0) is 7.05 Å². The lowest BCUT2D eigenvalue weighted by Gasteiger charge is -2.32. The van der Waals surface area contributed by atoms with E-state index in [1.165, 1.54) is 0 Å². The average molecular weight is 251 g/mol. The third kappa shape index (κ3) is 3.07. The Morgan fingerprint density at radius 1 is 1.61 bits per heavy atom. The lowest BCUT2D eigenvalue weighted by atomic mass is 10.1. The molecule has 1 aliphatic heterocycles. The number of carbonyl (C=O) groups is 1. The predicted octanol–water partition coefficient (Wildman–Crippen LogP) is 0.419. The third-order valence-electron chi connectivity index (χ3n) is 3.21. The van der Waals surface area contributed by atoms with Gasteiger partial charge in [0.2, 0.25) is 0 Å². The fourth-order valence-electron chi connectivity index (χ4n) is 2.28. The van der Waals surface area contributed by atoms with E-state index < -0.39 is 0 Å². The number of aromatic nitrogens is 3. The molecule has 1 aromatic heterocycles. The first-order valence-corrected chi connectivity index (χ1v) is 6.59. The number of amides is 1. The Kier molecular flexibility index (Phi) is 4.30. The van der Waals surface area contributed by atoms with Crippen molar-refractivity contribution in [3.63, 3.8) is 0 Å². The summed E-state index contributed by atoms with van der Waals surface area (Å²) in [5.41, 5.74) is 0.439. The number of rotatable bonds is 4. The lowest BCUT2D eigenvalue weighted by molar-refractivity contribution is 0.0689. The second-order valence-corrected chi connectivity index (χ2v) is 4.82. The van der Waals surface area contributed by atoms with Crippen LogP contribution < -0.4 is 5.32 Å². The van der Waals surface area contributed by atoms with E-state index in [0.717, 1.165) is 38.9 Å². The first-order valence-electron chi connectivity index (χ1n) is 6.59. The van der Waals surface area contributed by atoms with Crippen molar-refractivity contribution in [3.8, 4) is 0 Å². The van der Waals surface area contributed by atoms with Crippen molar-refractivity contribution >= 4 is 5.91 Å². The molecule has 1 unspecified atom stereocenters. The molecule has 100 valence electrons. The molecule has 1 saturated heterocycles. The van der Waals surface area contributed by atoms with E-state index in [1.54, 1.807) is 17.9 Å². The van der Waals surface area contributed by atoms with Crippen molar-refractivity contribution < 1.29 is 4.79 Å². The van der Waals surface area contributed by atoms with E-state index in [2.05, 4.69) is 22.6 Å². The van der Waals surface area contributed by atoms with Crippen LogP contribution in [0.3, 0.4) is 0 Å². The fourth-order valence-corrected chi connectivity index (χ4v) is 2.28. The number of nitrogens with one attached hydrogen (secondary N) is 1. The maximum atomic E-state index is 12.2. The molecule has 1 N–H and O–H groups in total. The maximum Gasteiger partial charge on any atom is 0.276 e. The van der Waals surface area contributed by atoms with Crippen molar-refractivity contribution in [2.75, 3.05) is 19.6 Å². The highest BCUT2D eigenvalue weighted by Crippen LogP contribution is 2.12. The normalized spacial score (nSPS) is 20.1.